The first-order valence-corrected chi connectivity index (χ1v) is 10.5. The molecule has 28 heavy (non-hydrogen) atoms. The maximum absolute atomic E-state index is 12.9. The van der Waals surface area contributed by atoms with Crippen molar-refractivity contribution in [3.63, 3.8) is 0 Å². The van der Waals surface area contributed by atoms with Gasteiger partial charge in [-0.3, -0.25) is 14.2 Å². The van der Waals surface area contributed by atoms with E-state index in [-0.39, 0.29) is 23.3 Å². The molecule has 0 radical (unpaired) electrons. The van der Waals surface area contributed by atoms with E-state index in [4.69, 9.17) is 11.6 Å². The third-order valence-corrected chi connectivity index (χ3v) is 5.90. The predicted molar refractivity (Wildman–Crippen MR) is 116 cm³/mol. The Balaban J connectivity index is 1.87. The summed E-state index contributed by atoms with van der Waals surface area (Å²) >= 11 is 7.43. The van der Waals surface area contributed by atoms with Crippen molar-refractivity contribution in [3.8, 4) is 0 Å². The van der Waals surface area contributed by atoms with Crippen LogP contribution in [0, 0.1) is 13.8 Å². The molecule has 3 aromatic rings. The molecule has 0 aliphatic carbocycles. The van der Waals surface area contributed by atoms with E-state index >= 15 is 0 Å². The van der Waals surface area contributed by atoms with Crippen LogP contribution in [-0.2, 0) is 4.79 Å². The zero-order chi connectivity index (χ0) is 20.4. The van der Waals surface area contributed by atoms with E-state index in [0.29, 0.717) is 26.9 Å². The number of hydrogen-bond acceptors (Lipinski definition) is 4. The lowest BCUT2D eigenvalue weighted by atomic mass is 10.2. The van der Waals surface area contributed by atoms with Gasteiger partial charge in [-0.15, -0.1) is 0 Å². The number of nitrogens with zero attached hydrogens (tertiary/aromatic N) is 2. The van der Waals surface area contributed by atoms with Crippen LogP contribution in [0.1, 0.15) is 37.6 Å². The fourth-order valence-corrected chi connectivity index (χ4v) is 4.13. The van der Waals surface area contributed by atoms with Crippen LogP contribution in [0.2, 0.25) is 5.02 Å². The van der Waals surface area contributed by atoms with E-state index in [2.05, 4.69) is 15.3 Å². The lowest BCUT2D eigenvalue weighted by molar-refractivity contribution is -0.113. The molecule has 148 valence electrons. The summed E-state index contributed by atoms with van der Waals surface area (Å²) in [4.78, 5) is 33.1. The summed E-state index contributed by atoms with van der Waals surface area (Å²) in [5.74, 6) is -0.0703. The van der Waals surface area contributed by atoms with Gasteiger partial charge in [0.25, 0.3) is 5.56 Å². The summed E-state index contributed by atoms with van der Waals surface area (Å²) in [5, 5.41) is 3.89. The molecular formula is C20H23ClN4O2S. The number of fused-ring (bicyclic) bond motifs is 1. The lowest BCUT2D eigenvalue weighted by Gasteiger charge is -2.17. The number of carbonyl (C=O) groups excluding carboxylic acids is 1. The second-order valence-corrected chi connectivity index (χ2v) is 8.16. The van der Waals surface area contributed by atoms with Gasteiger partial charge in [-0.1, -0.05) is 42.4 Å². The number of thioether (sulfide) groups is 1. The lowest BCUT2D eigenvalue weighted by Crippen LogP contribution is -2.26. The van der Waals surface area contributed by atoms with Crippen LogP contribution in [0.15, 0.2) is 34.2 Å². The molecule has 1 atom stereocenters. The Morgan fingerprint density at radius 2 is 2.14 bits per heavy atom. The maximum Gasteiger partial charge on any atom is 0.278 e. The van der Waals surface area contributed by atoms with E-state index in [1.54, 1.807) is 10.6 Å². The minimum atomic E-state index is -0.198. The van der Waals surface area contributed by atoms with Crippen molar-refractivity contribution in [2.75, 3.05) is 11.1 Å². The summed E-state index contributed by atoms with van der Waals surface area (Å²) in [5.41, 5.74) is 3.38. The second-order valence-electron chi connectivity index (χ2n) is 6.81. The number of amides is 1. The maximum atomic E-state index is 12.9. The summed E-state index contributed by atoms with van der Waals surface area (Å²) in [7, 11) is 0. The van der Waals surface area contributed by atoms with E-state index in [1.165, 1.54) is 11.8 Å². The Hall–Kier alpha value is -2.25. The number of nitrogens with one attached hydrogen (secondary N) is 2. The van der Waals surface area contributed by atoms with Gasteiger partial charge in [0, 0.05) is 11.7 Å². The Morgan fingerprint density at radius 3 is 2.82 bits per heavy atom. The number of aromatic amines is 1. The first kappa shape index (κ1) is 20.5. The first-order chi connectivity index (χ1) is 13.3. The summed E-state index contributed by atoms with van der Waals surface area (Å²) < 4.78 is 1.66. The van der Waals surface area contributed by atoms with Gasteiger partial charge < -0.3 is 10.3 Å². The molecule has 0 bridgehead atoms. The van der Waals surface area contributed by atoms with Crippen molar-refractivity contribution in [2.45, 2.75) is 45.3 Å². The average molecular weight is 419 g/mol. The van der Waals surface area contributed by atoms with Gasteiger partial charge in [0.1, 0.15) is 5.52 Å². The molecule has 2 aromatic heterocycles. The molecule has 0 spiro atoms. The standard InChI is InChI=1S/C20H23ClN4O2S/c1-5-13(4)25-19(27)18-15(9-12(3)22-18)23-20(25)28-10-16(26)24-17-11(2)7-6-8-14(17)21/h6-9,13,22H,5,10H2,1-4H3,(H,24,26)/t13-/m0/s1. The molecule has 0 aliphatic rings. The highest BCUT2D eigenvalue weighted by Crippen LogP contribution is 2.26. The summed E-state index contributed by atoms with van der Waals surface area (Å²) in [6.45, 7) is 7.77. The SMILES string of the molecule is CC[C@H](C)n1c(SCC(=O)Nc2c(C)cccc2Cl)nc2cc(C)[nH]c2c1=O. The highest BCUT2D eigenvalue weighted by atomic mass is 35.5. The third kappa shape index (κ3) is 4.10. The van der Waals surface area contributed by atoms with Crippen LogP contribution in [0.5, 0.6) is 0 Å². The van der Waals surface area contributed by atoms with Crippen molar-refractivity contribution in [2.24, 2.45) is 0 Å². The van der Waals surface area contributed by atoms with E-state index in [1.807, 2.05) is 45.9 Å². The zero-order valence-electron chi connectivity index (χ0n) is 16.3. The number of anilines is 1. The summed E-state index contributed by atoms with van der Waals surface area (Å²) in [6, 6.07) is 7.28. The number of carbonyl (C=O) groups is 1. The fraction of sp³-hybridized carbons (Fsp3) is 0.350. The van der Waals surface area contributed by atoms with Crippen LogP contribution < -0.4 is 10.9 Å². The Kier molecular flexibility index (Phi) is 6.15. The highest BCUT2D eigenvalue weighted by molar-refractivity contribution is 7.99. The molecule has 1 aromatic carbocycles. The van der Waals surface area contributed by atoms with Crippen molar-refractivity contribution in [1.82, 2.24) is 14.5 Å². The van der Waals surface area contributed by atoms with Gasteiger partial charge >= 0.3 is 0 Å². The number of aromatic nitrogens is 3. The van der Waals surface area contributed by atoms with Gasteiger partial charge in [0.15, 0.2) is 5.16 Å². The number of benzene rings is 1. The third-order valence-electron chi connectivity index (χ3n) is 4.64. The van der Waals surface area contributed by atoms with Gasteiger partial charge in [0.2, 0.25) is 5.91 Å². The molecule has 1 amide bonds. The minimum absolute atomic E-state index is 0.0237. The second kappa shape index (κ2) is 8.41. The molecule has 8 heteroatoms. The topological polar surface area (TPSA) is 79.8 Å². The smallest absolute Gasteiger partial charge is 0.278 e. The fourth-order valence-electron chi connectivity index (χ4n) is 2.96. The molecule has 2 N–H and O–H groups in total. The van der Waals surface area contributed by atoms with Crippen LogP contribution in [0.25, 0.3) is 11.0 Å². The molecule has 0 saturated carbocycles. The number of H-pyrrole nitrogens is 1. The first-order valence-electron chi connectivity index (χ1n) is 9.11. The Labute approximate surface area is 172 Å². The van der Waals surface area contributed by atoms with E-state index < -0.39 is 0 Å². The molecular weight excluding hydrogens is 396 g/mol. The number of aryl methyl sites for hydroxylation is 2. The normalized spacial score (nSPS) is 12.3. The van der Waals surface area contributed by atoms with Gasteiger partial charge in [-0.25, -0.2) is 4.98 Å². The van der Waals surface area contributed by atoms with Crippen LogP contribution in [0.4, 0.5) is 5.69 Å². The average Bonchev–Trinajstić information content (AvgIpc) is 3.03. The molecule has 0 fully saturated rings. The highest BCUT2D eigenvalue weighted by Gasteiger charge is 2.18. The molecule has 2 heterocycles. The van der Waals surface area contributed by atoms with Crippen LogP contribution in [0.3, 0.4) is 0 Å². The van der Waals surface area contributed by atoms with E-state index in [0.717, 1.165) is 17.7 Å². The van der Waals surface area contributed by atoms with Gasteiger partial charge in [0.05, 0.1) is 22.0 Å². The number of hydrogen-bond donors (Lipinski definition) is 2. The molecule has 0 saturated heterocycles. The molecule has 3 rings (SSSR count). The zero-order valence-corrected chi connectivity index (χ0v) is 17.9. The van der Waals surface area contributed by atoms with Crippen molar-refractivity contribution >= 4 is 46.0 Å². The number of halogens is 1. The monoisotopic (exact) mass is 418 g/mol. The quantitative estimate of drug-likeness (QED) is 0.449. The molecule has 0 aliphatic heterocycles. The van der Waals surface area contributed by atoms with Gasteiger partial charge in [-0.05, 0) is 44.9 Å². The largest absolute Gasteiger partial charge is 0.353 e. The van der Waals surface area contributed by atoms with Crippen molar-refractivity contribution in [3.05, 3.63) is 50.9 Å². The molecule has 0 unspecified atom stereocenters. The number of para-hydroxylation sites is 1. The Morgan fingerprint density at radius 1 is 1.39 bits per heavy atom. The van der Waals surface area contributed by atoms with Crippen molar-refractivity contribution < 1.29 is 4.79 Å². The van der Waals surface area contributed by atoms with Crippen LogP contribution in [-0.4, -0.2) is 26.2 Å². The summed E-state index contributed by atoms with van der Waals surface area (Å²) in [6.07, 6.45) is 0.783. The molecule has 6 nitrogen and oxygen atoms in total. The number of rotatable bonds is 6. The Bertz CT molecular complexity index is 1070. The minimum Gasteiger partial charge on any atom is -0.353 e. The van der Waals surface area contributed by atoms with E-state index in [9.17, 15) is 9.59 Å². The van der Waals surface area contributed by atoms with Gasteiger partial charge in [-0.2, -0.15) is 0 Å². The predicted octanol–water partition coefficient (Wildman–Crippen LogP) is 4.70. The van der Waals surface area contributed by atoms with Crippen LogP contribution >= 0.6 is 23.4 Å². The van der Waals surface area contributed by atoms with Crippen molar-refractivity contribution in [1.29, 1.82) is 0 Å².